The molecule has 0 unspecified atom stereocenters. The molecule has 0 atom stereocenters. The molecule has 162 valence electrons. The molecule has 1 fully saturated rings. The molecule has 0 radical (unpaired) electrons. The number of para-hydroxylation sites is 1. The maximum atomic E-state index is 14.2. The summed E-state index contributed by atoms with van der Waals surface area (Å²) in [4.78, 5) is 32.2. The van der Waals surface area contributed by atoms with Crippen LogP contribution in [-0.4, -0.2) is 29.0 Å². The number of carbonyl (C=O) groups is 2. The highest BCUT2D eigenvalue weighted by atomic mass is 32.1. The van der Waals surface area contributed by atoms with Crippen molar-refractivity contribution in [2.24, 2.45) is 0 Å². The molecule has 0 aliphatic carbocycles. The van der Waals surface area contributed by atoms with E-state index in [9.17, 15) is 14.0 Å². The van der Waals surface area contributed by atoms with Crippen molar-refractivity contribution in [2.45, 2.75) is 6.92 Å². The van der Waals surface area contributed by atoms with Crippen LogP contribution in [0.15, 0.2) is 59.6 Å². The number of nitrogens with zero attached hydrogens (tertiary/aromatic N) is 3. The molecule has 1 saturated heterocycles. The van der Waals surface area contributed by atoms with Crippen molar-refractivity contribution >= 4 is 63.1 Å². The molecule has 3 aromatic rings. The van der Waals surface area contributed by atoms with Gasteiger partial charge >= 0.3 is 0 Å². The van der Waals surface area contributed by atoms with Crippen molar-refractivity contribution in [1.82, 2.24) is 10.3 Å². The first-order valence-electron chi connectivity index (χ1n) is 9.41. The highest BCUT2D eigenvalue weighted by molar-refractivity contribution is 7.80. The number of hydrogen-bond acceptors (Lipinski definition) is 6. The van der Waals surface area contributed by atoms with E-state index in [4.69, 9.17) is 17.0 Å². The summed E-state index contributed by atoms with van der Waals surface area (Å²) in [5.74, 6) is -0.597. The number of carbonyl (C=O) groups excluding carboxylic acids is 2. The smallest absolute Gasteiger partial charge is 0.281 e. The fourth-order valence-corrected chi connectivity index (χ4v) is 4.27. The lowest BCUT2D eigenvalue weighted by molar-refractivity contribution is -0.116. The summed E-state index contributed by atoms with van der Waals surface area (Å²) in [5, 5.41) is 5.03. The molecule has 2 amide bonds. The minimum atomic E-state index is -0.557. The van der Waals surface area contributed by atoms with Gasteiger partial charge in [0.1, 0.15) is 17.3 Å². The summed E-state index contributed by atoms with van der Waals surface area (Å²) in [6, 6.07) is 12.9. The number of thiazole rings is 1. The first kappa shape index (κ1) is 21.6. The molecule has 7 nitrogen and oxygen atoms in total. The molecule has 1 aromatic heterocycles. The number of aromatic nitrogens is 1. The highest BCUT2D eigenvalue weighted by Crippen LogP contribution is 2.31. The predicted molar refractivity (Wildman–Crippen MR) is 126 cm³/mol. The van der Waals surface area contributed by atoms with E-state index in [1.807, 2.05) is 0 Å². The van der Waals surface area contributed by atoms with E-state index in [2.05, 4.69) is 10.3 Å². The van der Waals surface area contributed by atoms with Gasteiger partial charge in [-0.25, -0.2) is 14.3 Å². The molecule has 0 spiro atoms. The molecule has 10 heteroatoms. The number of ether oxygens (including phenoxy) is 1. The Morgan fingerprint density at radius 3 is 2.62 bits per heavy atom. The first-order valence-corrected chi connectivity index (χ1v) is 10.7. The molecule has 0 saturated carbocycles. The van der Waals surface area contributed by atoms with Crippen molar-refractivity contribution in [3.05, 3.63) is 71.1 Å². The molecular formula is C22H17FN4O3S2. The lowest BCUT2D eigenvalue weighted by Crippen LogP contribution is -2.31. The van der Waals surface area contributed by atoms with E-state index in [0.717, 1.165) is 4.90 Å². The number of nitrogens with one attached hydrogen (secondary N) is 1. The summed E-state index contributed by atoms with van der Waals surface area (Å²) >= 11 is 6.47. The third-order valence-corrected chi connectivity index (χ3v) is 5.74. The second-order valence-corrected chi connectivity index (χ2v) is 7.91. The van der Waals surface area contributed by atoms with Crippen LogP contribution in [0.5, 0.6) is 5.75 Å². The van der Waals surface area contributed by atoms with Gasteiger partial charge in [0.05, 0.1) is 24.2 Å². The molecule has 2 aromatic carbocycles. The maximum Gasteiger partial charge on any atom is 0.281 e. The Bertz CT molecular complexity index is 1240. The number of benzene rings is 2. The van der Waals surface area contributed by atoms with Gasteiger partial charge in [0, 0.05) is 12.3 Å². The minimum absolute atomic E-state index is 0.0691. The van der Waals surface area contributed by atoms with Gasteiger partial charge in [0.25, 0.3) is 5.91 Å². The zero-order chi connectivity index (χ0) is 22.8. The Labute approximate surface area is 192 Å². The van der Waals surface area contributed by atoms with Crippen molar-refractivity contribution in [3.63, 3.8) is 0 Å². The Hall–Kier alpha value is -3.63. The average molecular weight is 469 g/mol. The Morgan fingerprint density at radius 1 is 1.25 bits per heavy atom. The number of halogens is 1. The van der Waals surface area contributed by atoms with Crippen LogP contribution in [0.25, 0.3) is 6.08 Å². The number of hydrogen-bond donors (Lipinski definition) is 1. The quantitative estimate of drug-likeness (QED) is 0.446. The third-order valence-electron chi connectivity index (χ3n) is 4.61. The van der Waals surface area contributed by atoms with Crippen LogP contribution in [0, 0.1) is 5.82 Å². The van der Waals surface area contributed by atoms with E-state index in [-0.39, 0.29) is 22.4 Å². The Morgan fingerprint density at radius 2 is 1.97 bits per heavy atom. The fraction of sp³-hybridized carbons (Fsp3) is 0.0909. The molecule has 32 heavy (non-hydrogen) atoms. The normalized spacial score (nSPS) is 14.6. The standard InChI is InChI=1S/C22H17FN4O3S2/c1-13(28)26(15-7-9-16(30-2)10-8-15)22-24-14(12-32-22)11-18-20(29)27(21(31)25-18)19-6-4-3-5-17(19)23/h3-12H,1-2H3,(H,25,31)/b18-11-. The summed E-state index contributed by atoms with van der Waals surface area (Å²) in [6.45, 7) is 1.44. The third kappa shape index (κ3) is 4.10. The second kappa shape index (κ2) is 8.85. The second-order valence-electron chi connectivity index (χ2n) is 6.69. The first-order chi connectivity index (χ1) is 15.4. The van der Waals surface area contributed by atoms with E-state index < -0.39 is 11.7 Å². The van der Waals surface area contributed by atoms with Crippen molar-refractivity contribution < 1.29 is 18.7 Å². The van der Waals surface area contributed by atoms with Gasteiger partial charge in [-0.1, -0.05) is 12.1 Å². The molecule has 2 heterocycles. The van der Waals surface area contributed by atoms with Crippen molar-refractivity contribution in [1.29, 1.82) is 0 Å². The van der Waals surface area contributed by atoms with Crippen LogP contribution in [0.1, 0.15) is 12.6 Å². The van der Waals surface area contributed by atoms with Crippen LogP contribution in [-0.2, 0) is 9.59 Å². The molecule has 1 aliphatic rings. The number of amides is 2. The molecule has 1 N–H and O–H groups in total. The van der Waals surface area contributed by atoms with Crippen LogP contribution in [0.2, 0.25) is 0 Å². The largest absolute Gasteiger partial charge is 0.497 e. The number of thiocarbonyl (C=S) groups is 1. The fourth-order valence-electron chi connectivity index (χ4n) is 3.14. The molecule has 1 aliphatic heterocycles. The summed E-state index contributed by atoms with van der Waals surface area (Å²) < 4.78 is 19.3. The summed E-state index contributed by atoms with van der Waals surface area (Å²) in [5.41, 5.74) is 1.32. The van der Waals surface area contributed by atoms with Gasteiger partial charge < -0.3 is 10.1 Å². The van der Waals surface area contributed by atoms with Crippen LogP contribution < -0.4 is 19.9 Å². The zero-order valence-corrected chi connectivity index (χ0v) is 18.7. The number of rotatable bonds is 5. The van der Waals surface area contributed by atoms with E-state index in [0.29, 0.717) is 22.3 Å². The Kier molecular flexibility index (Phi) is 5.97. The maximum absolute atomic E-state index is 14.2. The summed E-state index contributed by atoms with van der Waals surface area (Å²) in [7, 11) is 1.57. The summed E-state index contributed by atoms with van der Waals surface area (Å²) in [6.07, 6.45) is 1.52. The van der Waals surface area contributed by atoms with Crippen molar-refractivity contribution in [2.75, 3.05) is 16.9 Å². The Balaban J connectivity index is 1.61. The van der Waals surface area contributed by atoms with Crippen LogP contribution in [0.4, 0.5) is 20.9 Å². The van der Waals surface area contributed by atoms with E-state index in [1.165, 1.54) is 47.4 Å². The lowest BCUT2D eigenvalue weighted by Gasteiger charge is -2.18. The van der Waals surface area contributed by atoms with Crippen LogP contribution in [0.3, 0.4) is 0 Å². The van der Waals surface area contributed by atoms with Gasteiger partial charge in [0.2, 0.25) is 5.91 Å². The predicted octanol–water partition coefficient (Wildman–Crippen LogP) is 4.24. The van der Waals surface area contributed by atoms with Gasteiger partial charge in [-0.2, -0.15) is 0 Å². The highest BCUT2D eigenvalue weighted by Gasteiger charge is 2.33. The topological polar surface area (TPSA) is 74.8 Å². The lowest BCUT2D eigenvalue weighted by atomic mass is 10.2. The SMILES string of the molecule is COc1ccc(N(C(C)=O)c2nc(/C=C3\NC(=S)N(c4ccccc4F)C3=O)cs2)cc1. The minimum Gasteiger partial charge on any atom is -0.497 e. The molecular weight excluding hydrogens is 451 g/mol. The average Bonchev–Trinajstić information content (AvgIpc) is 3.33. The number of methoxy groups -OCH3 is 1. The molecule has 0 bridgehead atoms. The van der Waals surface area contributed by atoms with Gasteiger partial charge in [0.15, 0.2) is 10.2 Å². The van der Waals surface area contributed by atoms with Crippen molar-refractivity contribution in [3.8, 4) is 5.75 Å². The van der Waals surface area contributed by atoms with Gasteiger partial charge in [-0.3, -0.25) is 14.5 Å². The monoisotopic (exact) mass is 468 g/mol. The van der Waals surface area contributed by atoms with Crippen LogP contribution >= 0.6 is 23.6 Å². The number of anilines is 3. The zero-order valence-electron chi connectivity index (χ0n) is 17.0. The van der Waals surface area contributed by atoms with E-state index in [1.54, 1.807) is 42.8 Å². The van der Waals surface area contributed by atoms with E-state index >= 15 is 0 Å². The van der Waals surface area contributed by atoms with Gasteiger partial charge in [-0.15, -0.1) is 11.3 Å². The van der Waals surface area contributed by atoms with Gasteiger partial charge in [-0.05, 0) is 54.7 Å². The molecule has 4 rings (SSSR count).